The van der Waals surface area contributed by atoms with Crippen LogP contribution in [0.2, 0.25) is 0 Å². The van der Waals surface area contributed by atoms with Crippen LogP contribution in [0, 0.1) is 11.3 Å². The minimum atomic E-state index is 0.608. The largest absolute Gasteiger partial charge is 0.245 e. The van der Waals surface area contributed by atoms with Crippen LogP contribution < -0.4 is 0 Å². The summed E-state index contributed by atoms with van der Waals surface area (Å²) in [5.74, 6) is 0.771. The van der Waals surface area contributed by atoms with Gasteiger partial charge in [-0.15, -0.1) is 21.5 Å². The highest BCUT2D eigenvalue weighted by Gasteiger charge is 2.11. The van der Waals surface area contributed by atoms with Crippen LogP contribution in [0.4, 0.5) is 0 Å². The summed E-state index contributed by atoms with van der Waals surface area (Å²) >= 11 is 1.62. The molecule has 2 aromatic carbocycles. The highest BCUT2D eigenvalue weighted by Crippen LogP contribution is 2.22. The van der Waals surface area contributed by atoms with E-state index in [1.165, 1.54) is 0 Å². The van der Waals surface area contributed by atoms with E-state index in [0.29, 0.717) is 17.6 Å². The molecule has 0 aliphatic rings. The molecule has 7 heteroatoms. The van der Waals surface area contributed by atoms with E-state index in [4.69, 9.17) is 10.4 Å². The van der Waals surface area contributed by atoms with Gasteiger partial charge in [0.2, 0.25) is 0 Å². The van der Waals surface area contributed by atoms with Gasteiger partial charge in [-0.3, -0.25) is 0 Å². The average Bonchev–Trinajstić information content (AvgIpc) is 3.34. The van der Waals surface area contributed by atoms with Crippen LogP contribution in [0.1, 0.15) is 17.0 Å². The summed E-state index contributed by atoms with van der Waals surface area (Å²) < 4.78 is 2.92. The summed E-state index contributed by atoms with van der Waals surface area (Å²) in [5.41, 5.74) is 6.97. The second kappa shape index (κ2) is 6.27. The highest BCUT2D eigenvalue weighted by atomic mass is 32.1. The maximum Gasteiger partial charge on any atom is 0.177 e. The van der Waals surface area contributed by atoms with Gasteiger partial charge in [0.25, 0.3) is 0 Å². The van der Waals surface area contributed by atoms with Crippen molar-refractivity contribution in [2.24, 2.45) is 0 Å². The molecule has 0 bridgehead atoms. The third-order valence-corrected chi connectivity index (χ3v) is 5.16. The molecule has 0 aliphatic carbocycles. The molecule has 0 saturated carbocycles. The SMILES string of the molecule is N#Cc1cccc(-c2ccc3nnc(Cc4ccc5ncsc5c4)n3n2)c1. The van der Waals surface area contributed by atoms with Crippen LogP contribution in [0.5, 0.6) is 0 Å². The number of hydrogen-bond acceptors (Lipinski definition) is 6. The van der Waals surface area contributed by atoms with Crippen molar-refractivity contribution in [3.63, 3.8) is 0 Å². The Balaban J connectivity index is 1.55. The minimum Gasteiger partial charge on any atom is -0.245 e. The van der Waals surface area contributed by atoms with Crippen LogP contribution in [0.25, 0.3) is 27.1 Å². The molecule has 27 heavy (non-hydrogen) atoms. The highest BCUT2D eigenvalue weighted by molar-refractivity contribution is 7.16. The molecule has 6 nitrogen and oxygen atoms in total. The first-order valence-corrected chi connectivity index (χ1v) is 9.22. The fourth-order valence-corrected chi connectivity index (χ4v) is 3.78. The van der Waals surface area contributed by atoms with E-state index in [2.05, 4.69) is 33.4 Å². The van der Waals surface area contributed by atoms with Crippen LogP contribution in [-0.2, 0) is 6.42 Å². The first-order chi connectivity index (χ1) is 13.3. The zero-order chi connectivity index (χ0) is 18.2. The minimum absolute atomic E-state index is 0.608. The van der Waals surface area contributed by atoms with Crippen LogP contribution in [0.3, 0.4) is 0 Å². The summed E-state index contributed by atoms with van der Waals surface area (Å²) in [6.07, 6.45) is 0.629. The van der Waals surface area contributed by atoms with E-state index in [1.807, 2.05) is 41.9 Å². The van der Waals surface area contributed by atoms with Gasteiger partial charge in [-0.1, -0.05) is 18.2 Å². The molecule has 0 saturated heterocycles. The van der Waals surface area contributed by atoms with Crippen molar-refractivity contribution < 1.29 is 0 Å². The number of nitrogens with zero attached hydrogens (tertiary/aromatic N) is 6. The number of hydrogen-bond donors (Lipinski definition) is 0. The normalized spacial score (nSPS) is 11.1. The maximum absolute atomic E-state index is 9.12. The van der Waals surface area contributed by atoms with Gasteiger partial charge in [-0.25, -0.2) is 4.98 Å². The Morgan fingerprint density at radius 2 is 2.00 bits per heavy atom. The molecule has 3 heterocycles. The summed E-state index contributed by atoms with van der Waals surface area (Å²) in [6, 6.07) is 19.6. The molecule has 128 valence electrons. The third-order valence-electron chi connectivity index (χ3n) is 4.37. The Morgan fingerprint density at radius 1 is 1.04 bits per heavy atom. The maximum atomic E-state index is 9.12. The van der Waals surface area contributed by atoms with Crippen molar-refractivity contribution in [1.29, 1.82) is 5.26 Å². The van der Waals surface area contributed by atoms with E-state index in [-0.39, 0.29) is 0 Å². The number of fused-ring (bicyclic) bond motifs is 2. The van der Waals surface area contributed by atoms with Crippen molar-refractivity contribution in [2.75, 3.05) is 0 Å². The van der Waals surface area contributed by atoms with Crippen molar-refractivity contribution in [3.05, 3.63) is 77.1 Å². The molecule has 0 amide bonds. The Kier molecular flexibility index (Phi) is 3.62. The van der Waals surface area contributed by atoms with Crippen LogP contribution in [-0.4, -0.2) is 24.8 Å². The lowest BCUT2D eigenvalue weighted by atomic mass is 10.1. The molecule has 0 spiro atoms. The lowest BCUT2D eigenvalue weighted by Crippen LogP contribution is -2.01. The van der Waals surface area contributed by atoms with Gasteiger partial charge >= 0.3 is 0 Å². The van der Waals surface area contributed by atoms with Gasteiger partial charge in [-0.05, 0) is 42.0 Å². The van der Waals surface area contributed by atoms with Gasteiger partial charge in [-0.2, -0.15) is 14.9 Å². The predicted octanol–water partition coefficient (Wildman–Crippen LogP) is 3.86. The second-order valence-corrected chi connectivity index (χ2v) is 7.01. The first kappa shape index (κ1) is 15.6. The van der Waals surface area contributed by atoms with E-state index < -0.39 is 0 Å². The Hall–Kier alpha value is -3.63. The Morgan fingerprint density at radius 3 is 2.93 bits per heavy atom. The fraction of sp³-hybridized carbons (Fsp3) is 0.0500. The van der Waals surface area contributed by atoms with E-state index >= 15 is 0 Å². The monoisotopic (exact) mass is 368 g/mol. The summed E-state index contributed by atoms with van der Waals surface area (Å²) in [6.45, 7) is 0. The van der Waals surface area contributed by atoms with Crippen molar-refractivity contribution in [1.82, 2.24) is 24.8 Å². The van der Waals surface area contributed by atoms with E-state index in [0.717, 1.165) is 32.9 Å². The Bertz CT molecular complexity index is 1330. The smallest absolute Gasteiger partial charge is 0.177 e. The van der Waals surface area contributed by atoms with Crippen molar-refractivity contribution >= 4 is 27.2 Å². The van der Waals surface area contributed by atoms with E-state index in [9.17, 15) is 0 Å². The molecule has 0 unspecified atom stereocenters. The number of aromatic nitrogens is 5. The van der Waals surface area contributed by atoms with Gasteiger partial charge in [0.05, 0.1) is 33.1 Å². The first-order valence-electron chi connectivity index (χ1n) is 8.34. The van der Waals surface area contributed by atoms with Gasteiger partial charge in [0.1, 0.15) is 0 Å². The molecular formula is C20H12N6S. The van der Waals surface area contributed by atoms with Crippen LogP contribution in [0.15, 0.2) is 60.1 Å². The van der Waals surface area contributed by atoms with Crippen LogP contribution >= 0.6 is 11.3 Å². The van der Waals surface area contributed by atoms with Crippen molar-refractivity contribution in [3.8, 4) is 17.3 Å². The lowest BCUT2D eigenvalue weighted by molar-refractivity contribution is 0.842. The fourth-order valence-electron chi connectivity index (χ4n) is 3.04. The molecule has 0 fully saturated rings. The summed E-state index contributed by atoms with van der Waals surface area (Å²) in [7, 11) is 0. The average molecular weight is 368 g/mol. The molecule has 0 aliphatic heterocycles. The second-order valence-electron chi connectivity index (χ2n) is 6.13. The number of benzene rings is 2. The number of nitriles is 1. The molecule has 5 aromatic rings. The van der Waals surface area contributed by atoms with Gasteiger partial charge in [0, 0.05) is 12.0 Å². The quantitative estimate of drug-likeness (QED) is 0.483. The van der Waals surface area contributed by atoms with Crippen molar-refractivity contribution in [2.45, 2.75) is 6.42 Å². The molecule has 0 radical (unpaired) electrons. The Labute approximate surface area is 158 Å². The molecule has 5 rings (SSSR count). The van der Waals surface area contributed by atoms with Gasteiger partial charge < -0.3 is 0 Å². The van der Waals surface area contributed by atoms with E-state index in [1.54, 1.807) is 21.9 Å². The lowest BCUT2D eigenvalue weighted by Gasteiger charge is -2.04. The zero-order valence-electron chi connectivity index (χ0n) is 14.1. The predicted molar refractivity (Wildman–Crippen MR) is 103 cm³/mol. The molecule has 0 N–H and O–H groups in total. The summed E-state index contributed by atoms with van der Waals surface area (Å²) in [5, 5.41) is 22.4. The number of rotatable bonds is 3. The third kappa shape index (κ3) is 2.82. The zero-order valence-corrected chi connectivity index (χ0v) is 14.9. The summed E-state index contributed by atoms with van der Waals surface area (Å²) in [4.78, 5) is 4.32. The van der Waals surface area contributed by atoms with Gasteiger partial charge in [0.15, 0.2) is 11.5 Å². The molecule has 3 aromatic heterocycles. The standard InChI is InChI=1S/C20H12N6S/c21-11-14-2-1-3-15(8-14)16-6-7-19-23-24-20(26(19)25-16)10-13-4-5-17-18(9-13)27-12-22-17/h1-9,12H,10H2. The molecule has 0 atom stereocenters. The molecular weight excluding hydrogens is 356 g/mol. The topological polar surface area (TPSA) is 79.8 Å². The number of thiazole rings is 1.